The monoisotopic (exact) mass is 325 g/mol. The van der Waals surface area contributed by atoms with Gasteiger partial charge < -0.3 is 15.2 Å². The van der Waals surface area contributed by atoms with Crippen molar-refractivity contribution in [2.24, 2.45) is 5.73 Å². The Labute approximate surface area is 132 Å². The summed E-state index contributed by atoms with van der Waals surface area (Å²) in [4.78, 5) is 0. The summed E-state index contributed by atoms with van der Waals surface area (Å²) in [5.74, 6) is 0.417. The summed E-state index contributed by atoms with van der Waals surface area (Å²) >= 11 is 0. The van der Waals surface area contributed by atoms with Crippen LogP contribution >= 0.6 is 0 Å². The molecule has 0 aromatic heterocycles. The van der Waals surface area contributed by atoms with Crippen molar-refractivity contribution in [3.63, 3.8) is 0 Å². The molecule has 0 aliphatic heterocycles. The maximum atomic E-state index is 12.4. The number of alkyl halides is 3. The Morgan fingerprint density at radius 1 is 1.04 bits per heavy atom. The fourth-order valence-electron chi connectivity index (χ4n) is 2.16. The Kier molecular flexibility index (Phi) is 5.15. The van der Waals surface area contributed by atoms with Crippen LogP contribution < -0.4 is 15.2 Å². The summed E-state index contributed by atoms with van der Waals surface area (Å²) in [5, 5.41) is 0. The molecule has 124 valence electrons. The first-order chi connectivity index (χ1) is 10.8. The Morgan fingerprint density at radius 2 is 1.74 bits per heavy atom. The smallest absolute Gasteiger partial charge is 0.491 e. The number of nitrogens with two attached hydrogens (primary N) is 1. The largest absolute Gasteiger partial charge is 0.573 e. The molecule has 0 aliphatic carbocycles. The number of hydrogen-bond donors (Lipinski definition) is 1. The average molecular weight is 325 g/mol. The van der Waals surface area contributed by atoms with Crippen molar-refractivity contribution in [3.05, 3.63) is 48.0 Å². The first kappa shape index (κ1) is 17.1. The standard InChI is InChI=1S/C17H18F3NO2/c1-11(2)22-15-5-3-4-12(9-15)13-6-7-16(14(8-13)10-21)23-17(18,19)20/h3-9,11H,10,21H2,1-2H3. The molecule has 6 heteroatoms. The Morgan fingerprint density at radius 3 is 2.35 bits per heavy atom. The van der Waals surface area contributed by atoms with Crippen LogP contribution in [-0.2, 0) is 6.54 Å². The Hall–Kier alpha value is -2.21. The van der Waals surface area contributed by atoms with Gasteiger partial charge in [0, 0.05) is 12.1 Å². The summed E-state index contributed by atoms with van der Waals surface area (Å²) in [7, 11) is 0. The zero-order valence-corrected chi connectivity index (χ0v) is 12.9. The van der Waals surface area contributed by atoms with Crippen molar-refractivity contribution in [1.82, 2.24) is 0 Å². The lowest BCUT2D eigenvalue weighted by atomic mass is 10.0. The molecule has 0 saturated carbocycles. The minimum absolute atomic E-state index is 0.0346. The molecule has 2 rings (SSSR count). The molecule has 0 bridgehead atoms. The highest BCUT2D eigenvalue weighted by atomic mass is 19.4. The zero-order valence-electron chi connectivity index (χ0n) is 12.9. The summed E-state index contributed by atoms with van der Waals surface area (Å²) in [5.41, 5.74) is 7.40. The fraction of sp³-hybridized carbons (Fsp3) is 0.294. The lowest BCUT2D eigenvalue weighted by Crippen LogP contribution is -2.18. The molecule has 0 unspecified atom stereocenters. The second-order valence-electron chi connectivity index (χ2n) is 5.27. The second kappa shape index (κ2) is 6.91. The van der Waals surface area contributed by atoms with E-state index in [1.165, 1.54) is 6.07 Å². The van der Waals surface area contributed by atoms with E-state index in [1.807, 2.05) is 38.1 Å². The highest BCUT2D eigenvalue weighted by Crippen LogP contribution is 2.31. The molecule has 0 saturated heterocycles. The van der Waals surface area contributed by atoms with Gasteiger partial charge in [-0.05, 0) is 49.2 Å². The molecule has 0 aliphatic rings. The van der Waals surface area contributed by atoms with E-state index in [-0.39, 0.29) is 24.0 Å². The van der Waals surface area contributed by atoms with Gasteiger partial charge in [-0.25, -0.2) is 0 Å². The van der Waals surface area contributed by atoms with E-state index in [0.29, 0.717) is 5.75 Å². The van der Waals surface area contributed by atoms with Crippen molar-refractivity contribution >= 4 is 0 Å². The Balaban J connectivity index is 2.33. The fourth-order valence-corrected chi connectivity index (χ4v) is 2.16. The molecule has 0 amide bonds. The third-order valence-corrected chi connectivity index (χ3v) is 3.05. The zero-order chi connectivity index (χ0) is 17.0. The summed E-state index contributed by atoms with van der Waals surface area (Å²) in [6, 6.07) is 11.8. The van der Waals surface area contributed by atoms with E-state index in [4.69, 9.17) is 10.5 Å². The van der Waals surface area contributed by atoms with Gasteiger partial charge in [0.1, 0.15) is 11.5 Å². The van der Waals surface area contributed by atoms with Gasteiger partial charge in [0.05, 0.1) is 6.10 Å². The maximum absolute atomic E-state index is 12.4. The molecule has 2 aromatic rings. The highest BCUT2D eigenvalue weighted by molar-refractivity contribution is 5.67. The highest BCUT2D eigenvalue weighted by Gasteiger charge is 2.32. The van der Waals surface area contributed by atoms with Gasteiger partial charge in [-0.2, -0.15) is 0 Å². The predicted molar refractivity (Wildman–Crippen MR) is 82.2 cm³/mol. The summed E-state index contributed by atoms with van der Waals surface area (Å²) < 4.78 is 46.7. The maximum Gasteiger partial charge on any atom is 0.573 e. The molecule has 2 aromatic carbocycles. The average Bonchev–Trinajstić information content (AvgIpc) is 2.45. The van der Waals surface area contributed by atoms with E-state index >= 15 is 0 Å². The van der Waals surface area contributed by atoms with E-state index in [0.717, 1.165) is 11.1 Å². The minimum atomic E-state index is -4.74. The normalized spacial score (nSPS) is 11.6. The van der Waals surface area contributed by atoms with Crippen LogP contribution in [0.3, 0.4) is 0 Å². The van der Waals surface area contributed by atoms with Crippen LogP contribution in [0.5, 0.6) is 11.5 Å². The topological polar surface area (TPSA) is 44.5 Å². The van der Waals surface area contributed by atoms with Gasteiger partial charge in [0.2, 0.25) is 0 Å². The first-order valence-corrected chi connectivity index (χ1v) is 7.14. The van der Waals surface area contributed by atoms with E-state index in [1.54, 1.807) is 12.1 Å². The predicted octanol–water partition coefficient (Wildman–Crippen LogP) is 4.50. The summed E-state index contributed by atoms with van der Waals surface area (Å²) in [6.07, 6.45) is -4.70. The Bertz CT molecular complexity index is 669. The molecule has 3 nitrogen and oxygen atoms in total. The van der Waals surface area contributed by atoms with Gasteiger partial charge in [0.25, 0.3) is 0 Å². The molecule has 0 radical (unpaired) electrons. The number of halogens is 3. The molecule has 0 spiro atoms. The van der Waals surface area contributed by atoms with Crippen LogP contribution in [0.25, 0.3) is 11.1 Å². The molecule has 2 N–H and O–H groups in total. The van der Waals surface area contributed by atoms with Crippen molar-refractivity contribution in [3.8, 4) is 22.6 Å². The number of benzene rings is 2. The van der Waals surface area contributed by atoms with Crippen LogP contribution in [0.4, 0.5) is 13.2 Å². The minimum Gasteiger partial charge on any atom is -0.491 e. The number of rotatable bonds is 5. The number of hydrogen-bond acceptors (Lipinski definition) is 3. The summed E-state index contributed by atoms with van der Waals surface area (Å²) in [6.45, 7) is 3.78. The van der Waals surface area contributed by atoms with Crippen molar-refractivity contribution in [1.29, 1.82) is 0 Å². The van der Waals surface area contributed by atoms with Crippen LogP contribution in [0.1, 0.15) is 19.4 Å². The molecule has 0 atom stereocenters. The lowest BCUT2D eigenvalue weighted by molar-refractivity contribution is -0.274. The molecule has 23 heavy (non-hydrogen) atoms. The SMILES string of the molecule is CC(C)Oc1cccc(-c2ccc(OC(F)(F)F)c(CN)c2)c1. The second-order valence-corrected chi connectivity index (χ2v) is 5.27. The van der Waals surface area contributed by atoms with Gasteiger partial charge >= 0.3 is 6.36 Å². The third kappa shape index (κ3) is 4.89. The van der Waals surface area contributed by atoms with Crippen molar-refractivity contribution in [2.45, 2.75) is 32.9 Å². The molecule has 0 heterocycles. The van der Waals surface area contributed by atoms with Crippen LogP contribution in [0.2, 0.25) is 0 Å². The molecular formula is C17H18F3NO2. The quantitative estimate of drug-likeness (QED) is 0.880. The van der Waals surface area contributed by atoms with Crippen molar-refractivity contribution in [2.75, 3.05) is 0 Å². The van der Waals surface area contributed by atoms with Crippen molar-refractivity contribution < 1.29 is 22.6 Å². The van der Waals surface area contributed by atoms with Gasteiger partial charge in [-0.15, -0.1) is 13.2 Å². The van der Waals surface area contributed by atoms with Gasteiger partial charge in [0.15, 0.2) is 0 Å². The van der Waals surface area contributed by atoms with Gasteiger partial charge in [-0.3, -0.25) is 0 Å². The van der Waals surface area contributed by atoms with E-state index < -0.39 is 6.36 Å². The first-order valence-electron chi connectivity index (χ1n) is 7.14. The molecular weight excluding hydrogens is 307 g/mol. The van der Waals surface area contributed by atoms with Crippen LogP contribution in [0, 0.1) is 0 Å². The number of ether oxygens (including phenoxy) is 2. The molecule has 0 fully saturated rings. The van der Waals surface area contributed by atoms with Gasteiger partial charge in [-0.1, -0.05) is 18.2 Å². The van der Waals surface area contributed by atoms with E-state index in [9.17, 15) is 13.2 Å². The van der Waals surface area contributed by atoms with Crippen LogP contribution in [0.15, 0.2) is 42.5 Å². The lowest BCUT2D eigenvalue weighted by Gasteiger charge is -2.14. The van der Waals surface area contributed by atoms with E-state index in [2.05, 4.69) is 4.74 Å². The van der Waals surface area contributed by atoms with Crippen LogP contribution in [-0.4, -0.2) is 12.5 Å². The third-order valence-electron chi connectivity index (χ3n) is 3.05.